The van der Waals surface area contributed by atoms with Crippen LogP contribution >= 0.6 is 0 Å². The molecule has 0 amide bonds. The molecule has 1 heterocycles. The molecule has 106 valence electrons. The highest BCUT2D eigenvalue weighted by molar-refractivity contribution is 5.17. The molecule has 19 heavy (non-hydrogen) atoms. The summed E-state index contributed by atoms with van der Waals surface area (Å²) in [6, 6.07) is 7.07. The molecular weight excluding hydrogens is 241 g/mol. The van der Waals surface area contributed by atoms with Crippen LogP contribution in [0.2, 0.25) is 0 Å². The van der Waals surface area contributed by atoms with Crippen LogP contribution in [0.5, 0.6) is 0 Å². The van der Waals surface area contributed by atoms with Crippen molar-refractivity contribution in [3.05, 3.63) is 35.6 Å². The van der Waals surface area contributed by atoms with Gasteiger partial charge in [-0.3, -0.25) is 0 Å². The van der Waals surface area contributed by atoms with Crippen LogP contribution in [0.25, 0.3) is 0 Å². The Morgan fingerprint density at radius 3 is 2.26 bits per heavy atom. The summed E-state index contributed by atoms with van der Waals surface area (Å²) < 4.78 is 13.5. The molecule has 0 aliphatic carbocycles. The van der Waals surface area contributed by atoms with Crippen LogP contribution in [0.3, 0.4) is 0 Å². The average Bonchev–Trinajstić information content (AvgIpc) is 2.45. The number of nitrogens with zero attached hydrogens (tertiary/aromatic N) is 2. The van der Waals surface area contributed by atoms with Gasteiger partial charge in [0.15, 0.2) is 0 Å². The number of piperazine rings is 1. The second-order valence-electron chi connectivity index (χ2n) is 5.17. The van der Waals surface area contributed by atoms with Gasteiger partial charge in [-0.15, -0.1) is 0 Å². The Hall–Kier alpha value is -0.970. The maximum atomic E-state index is 13.5. The van der Waals surface area contributed by atoms with Crippen LogP contribution in [0.4, 0.5) is 4.39 Å². The van der Waals surface area contributed by atoms with Crippen LogP contribution in [0.15, 0.2) is 24.3 Å². The van der Waals surface area contributed by atoms with E-state index in [1.807, 2.05) is 12.1 Å². The molecule has 0 spiro atoms. The zero-order chi connectivity index (χ0) is 13.5. The van der Waals surface area contributed by atoms with Gasteiger partial charge < -0.3 is 15.5 Å². The monoisotopic (exact) mass is 265 g/mol. The van der Waals surface area contributed by atoms with Crippen LogP contribution in [-0.4, -0.2) is 55.6 Å². The summed E-state index contributed by atoms with van der Waals surface area (Å²) in [4.78, 5) is 4.89. The van der Waals surface area contributed by atoms with Crippen molar-refractivity contribution in [1.82, 2.24) is 9.80 Å². The molecule has 2 rings (SSSR count). The van der Waals surface area contributed by atoms with E-state index in [1.54, 1.807) is 12.1 Å². The van der Waals surface area contributed by atoms with E-state index in [2.05, 4.69) is 9.80 Å². The summed E-state index contributed by atoms with van der Waals surface area (Å²) >= 11 is 0. The summed E-state index contributed by atoms with van der Waals surface area (Å²) in [7, 11) is 0. The highest BCUT2D eigenvalue weighted by atomic mass is 19.1. The van der Waals surface area contributed by atoms with Crippen molar-refractivity contribution < 1.29 is 4.39 Å². The maximum Gasteiger partial charge on any atom is 0.126 e. The van der Waals surface area contributed by atoms with E-state index in [1.165, 1.54) is 0 Å². The van der Waals surface area contributed by atoms with Gasteiger partial charge in [0.05, 0.1) is 0 Å². The average molecular weight is 265 g/mol. The lowest BCUT2D eigenvalue weighted by atomic mass is 10.1. The summed E-state index contributed by atoms with van der Waals surface area (Å²) in [6.45, 7) is 7.21. The Bertz CT molecular complexity index is 375. The Morgan fingerprint density at radius 2 is 1.63 bits per heavy atom. The van der Waals surface area contributed by atoms with Crippen LogP contribution in [0.1, 0.15) is 12.0 Å². The minimum atomic E-state index is -0.0796. The van der Waals surface area contributed by atoms with Gasteiger partial charge in [0, 0.05) is 32.7 Å². The van der Waals surface area contributed by atoms with Gasteiger partial charge in [-0.05, 0) is 37.6 Å². The van der Waals surface area contributed by atoms with Crippen LogP contribution in [0, 0.1) is 5.82 Å². The zero-order valence-electron chi connectivity index (χ0n) is 11.5. The Morgan fingerprint density at radius 1 is 1.00 bits per heavy atom. The lowest BCUT2D eigenvalue weighted by Crippen LogP contribution is -2.47. The molecule has 1 aliphatic rings. The molecule has 1 aliphatic heterocycles. The van der Waals surface area contributed by atoms with Gasteiger partial charge in [0.2, 0.25) is 0 Å². The normalized spacial score (nSPS) is 17.8. The van der Waals surface area contributed by atoms with Crippen molar-refractivity contribution in [3.8, 4) is 0 Å². The molecule has 0 radical (unpaired) electrons. The summed E-state index contributed by atoms with van der Waals surface area (Å²) in [6.07, 6.45) is 1.88. The Kier molecular flexibility index (Phi) is 5.76. The molecule has 0 saturated carbocycles. The standard InChI is InChI=1S/C15H24FN3/c16-15-5-2-1-4-14(15)6-9-19-12-10-18(11-13-19)8-3-7-17/h1-2,4-5H,3,6-13,17H2. The molecule has 0 aromatic heterocycles. The van der Waals surface area contributed by atoms with E-state index >= 15 is 0 Å². The Labute approximate surface area is 115 Å². The second kappa shape index (κ2) is 7.58. The number of hydrogen-bond donors (Lipinski definition) is 1. The number of hydrogen-bond acceptors (Lipinski definition) is 3. The molecule has 1 aromatic carbocycles. The number of benzene rings is 1. The highest BCUT2D eigenvalue weighted by Gasteiger charge is 2.16. The van der Waals surface area contributed by atoms with Gasteiger partial charge in [0.25, 0.3) is 0 Å². The first-order valence-electron chi connectivity index (χ1n) is 7.18. The first-order valence-corrected chi connectivity index (χ1v) is 7.18. The van der Waals surface area contributed by atoms with E-state index in [4.69, 9.17) is 5.73 Å². The van der Waals surface area contributed by atoms with Crippen molar-refractivity contribution >= 4 is 0 Å². The summed E-state index contributed by atoms with van der Waals surface area (Å²) in [5.41, 5.74) is 6.35. The van der Waals surface area contributed by atoms with Gasteiger partial charge in [-0.1, -0.05) is 18.2 Å². The quantitative estimate of drug-likeness (QED) is 0.842. The van der Waals surface area contributed by atoms with E-state index in [9.17, 15) is 4.39 Å². The third-order valence-electron chi connectivity index (χ3n) is 3.80. The minimum Gasteiger partial charge on any atom is -0.330 e. The molecule has 3 nitrogen and oxygen atoms in total. The van der Waals surface area contributed by atoms with Gasteiger partial charge in [-0.25, -0.2) is 4.39 Å². The van der Waals surface area contributed by atoms with E-state index in [0.29, 0.717) is 0 Å². The van der Waals surface area contributed by atoms with Crippen molar-refractivity contribution in [3.63, 3.8) is 0 Å². The topological polar surface area (TPSA) is 32.5 Å². The van der Waals surface area contributed by atoms with Crippen molar-refractivity contribution in [2.24, 2.45) is 5.73 Å². The number of halogens is 1. The van der Waals surface area contributed by atoms with Gasteiger partial charge in [0.1, 0.15) is 5.82 Å². The third-order valence-corrected chi connectivity index (χ3v) is 3.80. The largest absolute Gasteiger partial charge is 0.330 e. The van der Waals surface area contributed by atoms with Crippen molar-refractivity contribution in [1.29, 1.82) is 0 Å². The fourth-order valence-corrected chi connectivity index (χ4v) is 2.53. The molecule has 1 aromatic rings. The lowest BCUT2D eigenvalue weighted by Gasteiger charge is -2.34. The molecule has 0 bridgehead atoms. The fourth-order valence-electron chi connectivity index (χ4n) is 2.53. The first-order chi connectivity index (χ1) is 9.29. The number of nitrogens with two attached hydrogens (primary N) is 1. The van der Waals surface area contributed by atoms with Crippen LogP contribution < -0.4 is 5.73 Å². The second-order valence-corrected chi connectivity index (χ2v) is 5.17. The zero-order valence-corrected chi connectivity index (χ0v) is 11.5. The highest BCUT2D eigenvalue weighted by Crippen LogP contribution is 2.09. The van der Waals surface area contributed by atoms with Gasteiger partial charge in [-0.2, -0.15) is 0 Å². The lowest BCUT2D eigenvalue weighted by molar-refractivity contribution is 0.133. The third kappa shape index (κ3) is 4.56. The maximum absolute atomic E-state index is 13.5. The molecule has 1 saturated heterocycles. The van der Waals surface area contributed by atoms with E-state index in [-0.39, 0.29) is 5.82 Å². The van der Waals surface area contributed by atoms with Crippen molar-refractivity contribution in [2.45, 2.75) is 12.8 Å². The van der Waals surface area contributed by atoms with Crippen molar-refractivity contribution in [2.75, 3.05) is 45.8 Å². The molecule has 0 unspecified atom stereocenters. The minimum absolute atomic E-state index is 0.0796. The summed E-state index contributed by atoms with van der Waals surface area (Å²) in [5, 5.41) is 0. The molecular formula is C15H24FN3. The predicted molar refractivity (Wildman–Crippen MR) is 76.7 cm³/mol. The van der Waals surface area contributed by atoms with E-state index in [0.717, 1.165) is 64.2 Å². The molecule has 0 atom stereocenters. The predicted octanol–water partition coefficient (Wildman–Crippen LogP) is 1.33. The fraction of sp³-hybridized carbons (Fsp3) is 0.600. The van der Waals surface area contributed by atoms with E-state index < -0.39 is 0 Å². The summed E-state index contributed by atoms with van der Waals surface area (Å²) in [5.74, 6) is -0.0796. The first kappa shape index (κ1) is 14.4. The molecule has 1 fully saturated rings. The SMILES string of the molecule is NCCCN1CCN(CCc2ccccc2F)CC1. The number of rotatable bonds is 6. The molecule has 4 heteroatoms. The smallest absolute Gasteiger partial charge is 0.126 e. The van der Waals surface area contributed by atoms with Crippen LogP contribution in [-0.2, 0) is 6.42 Å². The molecule has 2 N–H and O–H groups in total. The van der Waals surface area contributed by atoms with Gasteiger partial charge >= 0.3 is 0 Å². The Balaban J connectivity index is 1.70.